The SMILES string of the molecule is O=C(N[C@H](COP(=O)([O-])[O-])c1ccccc1)C1CC1.[Na+].[Na+]. The van der Waals surface area contributed by atoms with Crippen LogP contribution in [0.25, 0.3) is 0 Å². The Balaban J connectivity index is 0.00000200. The molecule has 0 saturated heterocycles. The van der Waals surface area contributed by atoms with Crippen LogP contribution in [0.1, 0.15) is 24.4 Å². The number of amides is 1. The second kappa shape index (κ2) is 9.83. The van der Waals surface area contributed by atoms with E-state index in [1.807, 2.05) is 0 Å². The summed E-state index contributed by atoms with van der Waals surface area (Å²) in [6, 6.07) is 8.17. The summed E-state index contributed by atoms with van der Waals surface area (Å²) in [5, 5.41) is 2.70. The van der Waals surface area contributed by atoms with Crippen LogP contribution in [0.4, 0.5) is 0 Å². The van der Waals surface area contributed by atoms with Gasteiger partial charge in [0, 0.05) is 5.92 Å². The average Bonchev–Trinajstić information content (AvgIpc) is 3.18. The number of carbonyl (C=O) groups excluding carboxylic acids is 1. The predicted octanol–water partition coefficient (Wildman–Crippen LogP) is -5.89. The molecule has 1 N–H and O–H groups in total. The molecule has 0 spiro atoms. The van der Waals surface area contributed by atoms with Crippen LogP contribution in [0, 0.1) is 5.92 Å². The third-order valence-corrected chi connectivity index (χ3v) is 3.33. The van der Waals surface area contributed by atoms with E-state index in [1.54, 1.807) is 30.3 Å². The Labute approximate surface area is 167 Å². The maximum Gasteiger partial charge on any atom is 1.00 e. The number of hydrogen-bond acceptors (Lipinski definition) is 5. The van der Waals surface area contributed by atoms with Crippen LogP contribution < -0.4 is 74.2 Å². The van der Waals surface area contributed by atoms with Gasteiger partial charge in [0.05, 0.1) is 20.5 Å². The van der Waals surface area contributed by atoms with Gasteiger partial charge in [-0.05, 0) is 18.4 Å². The van der Waals surface area contributed by atoms with Crippen LogP contribution in [-0.2, 0) is 13.9 Å². The molecule has 1 aromatic rings. The van der Waals surface area contributed by atoms with E-state index in [4.69, 9.17) is 0 Å². The van der Waals surface area contributed by atoms with Crippen molar-refractivity contribution < 1.29 is 82.8 Å². The van der Waals surface area contributed by atoms with Gasteiger partial charge in [0.1, 0.15) is 0 Å². The molecule has 2 rings (SSSR count). The number of hydrogen-bond donors (Lipinski definition) is 1. The first-order valence-electron chi connectivity index (χ1n) is 5.97. The fourth-order valence-corrected chi connectivity index (χ4v) is 2.04. The quantitative estimate of drug-likeness (QED) is 0.414. The first kappa shape index (κ1) is 21.8. The molecule has 1 saturated carbocycles. The Morgan fingerprint density at radius 2 is 1.86 bits per heavy atom. The molecular weight excluding hydrogens is 315 g/mol. The summed E-state index contributed by atoms with van der Waals surface area (Å²) < 4.78 is 14.8. The van der Waals surface area contributed by atoms with Crippen LogP contribution in [0.5, 0.6) is 0 Å². The molecule has 1 aliphatic rings. The van der Waals surface area contributed by atoms with Crippen LogP contribution in [0.3, 0.4) is 0 Å². The standard InChI is InChI=1S/C12H16NO5P.2Na/c14-12(10-6-7-10)13-11(8-18-19(15,16)17)9-4-2-1-3-5-9;;/h1-5,10-11H,6-8H2,(H,13,14)(H2,15,16,17);;/q;2*+1/p-2/t11-;;/m1../s1. The van der Waals surface area contributed by atoms with Crippen LogP contribution >= 0.6 is 7.82 Å². The summed E-state index contributed by atoms with van der Waals surface area (Å²) in [5.74, 6) is -0.137. The third-order valence-electron chi connectivity index (χ3n) is 2.87. The maximum absolute atomic E-state index is 11.7. The summed E-state index contributed by atoms with van der Waals surface area (Å²) >= 11 is 0. The van der Waals surface area contributed by atoms with E-state index in [1.165, 1.54) is 0 Å². The molecule has 0 aromatic heterocycles. The Bertz CT molecular complexity index is 492. The Kier molecular flexibility index (Phi) is 10.2. The van der Waals surface area contributed by atoms with Gasteiger partial charge in [-0.2, -0.15) is 0 Å². The van der Waals surface area contributed by atoms with Gasteiger partial charge in [0.2, 0.25) is 5.91 Å². The third kappa shape index (κ3) is 8.28. The van der Waals surface area contributed by atoms with Crippen molar-refractivity contribution in [3.8, 4) is 0 Å². The smallest absolute Gasteiger partial charge is 0.790 e. The van der Waals surface area contributed by atoms with Crippen molar-refractivity contribution in [2.24, 2.45) is 5.92 Å². The van der Waals surface area contributed by atoms with E-state index < -0.39 is 13.9 Å². The fraction of sp³-hybridized carbons (Fsp3) is 0.417. The molecule has 6 nitrogen and oxygen atoms in total. The van der Waals surface area contributed by atoms with Crippen molar-refractivity contribution in [3.63, 3.8) is 0 Å². The first-order chi connectivity index (χ1) is 8.96. The molecule has 1 aromatic carbocycles. The van der Waals surface area contributed by atoms with Gasteiger partial charge in [-0.1, -0.05) is 30.3 Å². The summed E-state index contributed by atoms with van der Waals surface area (Å²) in [6.45, 7) is -0.382. The van der Waals surface area contributed by atoms with Crippen LogP contribution in [0.2, 0.25) is 0 Å². The van der Waals surface area contributed by atoms with E-state index in [0.29, 0.717) is 5.56 Å². The minimum atomic E-state index is -5.04. The number of benzene rings is 1. The summed E-state index contributed by atoms with van der Waals surface area (Å²) in [7, 11) is -5.04. The average molecular weight is 329 g/mol. The minimum Gasteiger partial charge on any atom is -0.790 e. The Morgan fingerprint density at radius 3 is 2.33 bits per heavy atom. The monoisotopic (exact) mass is 329 g/mol. The van der Waals surface area contributed by atoms with E-state index in [9.17, 15) is 19.1 Å². The first-order valence-corrected chi connectivity index (χ1v) is 7.44. The van der Waals surface area contributed by atoms with Crippen molar-refractivity contribution in [3.05, 3.63) is 35.9 Å². The van der Waals surface area contributed by atoms with Gasteiger partial charge in [-0.25, -0.2) is 0 Å². The summed E-state index contributed by atoms with van der Waals surface area (Å²) in [5.41, 5.74) is 0.699. The van der Waals surface area contributed by atoms with E-state index >= 15 is 0 Å². The van der Waals surface area contributed by atoms with E-state index in [2.05, 4.69) is 9.84 Å². The molecule has 9 heteroatoms. The van der Waals surface area contributed by atoms with Gasteiger partial charge < -0.3 is 24.2 Å². The van der Waals surface area contributed by atoms with Crippen molar-refractivity contribution in [1.29, 1.82) is 0 Å². The number of nitrogens with one attached hydrogen (secondary N) is 1. The van der Waals surface area contributed by atoms with Gasteiger partial charge in [0.15, 0.2) is 0 Å². The zero-order valence-corrected chi connectivity index (χ0v) is 17.0. The van der Waals surface area contributed by atoms with Crippen molar-refractivity contribution in [1.82, 2.24) is 5.32 Å². The van der Waals surface area contributed by atoms with Crippen molar-refractivity contribution in [2.45, 2.75) is 18.9 Å². The van der Waals surface area contributed by atoms with Gasteiger partial charge in [-0.15, -0.1) is 0 Å². The molecule has 0 bridgehead atoms. The second-order valence-electron chi connectivity index (χ2n) is 4.49. The molecule has 21 heavy (non-hydrogen) atoms. The maximum atomic E-state index is 11.7. The molecule has 0 unspecified atom stereocenters. The molecule has 0 radical (unpaired) electrons. The summed E-state index contributed by atoms with van der Waals surface area (Å²) in [6.07, 6.45) is 1.69. The molecule has 1 atom stereocenters. The van der Waals surface area contributed by atoms with Crippen LogP contribution in [0.15, 0.2) is 30.3 Å². The van der Waals surface area contributed by atoms with Crippen LogP contribution in [-0.4, -0.2) is 12.5 Å². The summed E-state index contributed by atoms with van der Waals surface area (Å²) in [4.78, 5) is 32.8. The van der Waals surface area contributed by atoms with E-state index in [-0.39, 0.29) is 77.5 Å². The van der Waals surface area contributed by atoms with Crippen molar-refractivity contribution in [2.75, 3.05) is 6.61 Å². The van der Waals surface area contributed by atoms with Gasteiger partial charge in [0.25, 0.3) is 0 Å². The zero-order valence-electron chi connectivity index (χ0n) is 12.2. The molecule has 0 aliphatic heterocycles. The molecule has 104 valence electrons. The normalized spacial score (nSPS) is 15.3. The largest absolute Gasteiger partial charge is 1.00 e. The van der Waals surface area contributed by atoms with E-state index in [0.717, 1.165) is 12.8 Å². The number of carbonyl (C=O) groups is 1. The molecule has 0 heterocycles. The predicted molar refractivity (Wildman–Crippen MR) is 63.6 cm³/mol. The Morgan fingerprint density at radius 1 is 1.29 bits per heavy atom. The molecular formula is C12H14NNa2O5P. The topological polar surface area (TPSA) is 102 Å². The Hall–Kier alpha value is 0.800. The number of phosphoric ester groups is 1. The zero-order chi connectivity index (χ0) is 13.9. The van der Waals surface area contributed by atoms with Gasteiger partial charge in [-0.3, -0.25) is 4.79 Å². The second-order valence-corrected chi connectivity index (χ2v) is 5.64. The fourth-order valence-electron chi connectivity index (χ4n) is 1.71. The molecule has 1 aliphatic carbocycles. The minimum absolute atomic E-state index is 0. The molecule has 1 fully saturated rings. The number of phosphoric acid groups is 1. The van der Waals surface area contributed by atoms with Crippen molar-refractivity contribution >= 4 is 13.7 Å². The van der Waals surface area contributed by atoms with Gasteiger partial charge >= 0.3 is 59.1 Å². The molecule has 1 amide bonds. The number of rotatable bonds is 6.